The first-order valence-electron chi connectivity index (χ1n) is 7.54. The first-order chi connectivity index (χ1) is 10.7. The second kappa shape index (κ2) is 6.98. The summed E-state index contributed by atoms with van der Waals surface area (Å²) in [6, 6.07) is 1.93. The average molecular weight is 343 g/mol. The third-order valence-electron chi connectivity index (χ3n) is 3.98. The van der Waals surface area contributed by atoms with Gasteiger partial charge in [-0.25, -0.2) is 12.7 Å². The fraction of sp³-hybridized carbons (Fsp3) is 0.714. The highest BCUT2D eigenvalue weighted by atomic mass is 32.2. The minimum Gasteiger partial charge on any atom is -0.348 e. The SMILES string of the molecule is CN(C)C(=O)[C@H]1CN(Cc2ccn(C)n2)CCN(S(C)(=O)=O)C1. The molecule has 2 heterocycles. The number of nitrogens with zero attached hydrogens (tertiary/aromatic N) is 5. The molecule has 1 saturated heterocycles. The van der Waals surface area contributed by atoms with Crippen molar-refractivity contribution in [3.63, 3.8) is 0 Å². The lowest BCUT2D eigenvalue weighted by molar-refractivity contribution is -0.133. The number of aryl methyl sites for hydroxylation is 1. The molecule has 1 atom stereocenters. The van der Waals surface area contributed by atoms with Gasteiger partial charge in [-0.1, -0.05) is 0 Å². The smallest absolute Gasteiger partial charge is 0.227 e. The van der Waals surface area contributed by atoms with Crippen LogP contribution in [-0.2, 0) is 28.4 Å². The van der Waals surface area contributed by atoms with Gasteiger partial charge in [0.1, 0.15) is 0 Å². The molecule has 9 heteroatoms. The molecule has 0 aliphatic carbocycles. The number of amides is 1. The van der Waals surface area contributed by atoms with Gasteiger partial charge in [0.25, 0.3) is 0 Å². The number of hydrogen-bond donors (Lipinski definition) is 0. The van der Waals surface area contributed by atoms with Crippen molar-refractivity contribution in [3.05, 3.63) is 18.0 Å². The van der Waals surface area contributed by atoms with Crippen molar-refractivity contribution in [2.45, 2.75) is 6.54 Å². The molecule has 0 spiro atoms. The molecule has 0 saturated carbocycles. The molecule has 0 radical (unpaired) electrons. The Hall–Kier alpha value is -1.45. The monoisotopic (exact) mass is 343 g/mol. The van der Waals surface area contributed by atoms with Crippen molar-refractivity contribution in [2.75, 3.05) is 46.5 Å². The summed E-state index contributed by atoms with van der Waals surface area (Å²) in [7, 11) is 1.93. The van der Waals surface area contributed by atoms with Crippen LogP contribution in [0.5, 0.6) is 0 Å². The van der Waals surface area contributed by atoms with E-state index in [2.05, 4.69) is 10.00 Å². The highest BCUT2D eigenvalue weighted by molar-refractivity contribution is 7.88. The van der Waals surface area contributed by atoms with Gasteiger partial charge in [-0.05, 0) is 6.07 Å². The largest absolute Gasteiger partial charge is 0.348 e. The van der Waals surface area contributed by atoms with Crippen LogP contribution in [0.15, 0.2) is 12.3 Å². The lowest BCUT2D eigenvalue weighted by Gasteiger charge is -2.25. The van der Waals surface area contributed by atoms with Crippen LogP contribution < -0.4 is 0 Å². The van der Waals surface area contributed by atoms with Gasteiger partial charge in [-0.3, -0.25) is 14.4 Å². The molecule has 0 N–H and O–H groups in total. The van der Waals surface area contributed by atoms with Crippen molar-refractivity contribution in [2.24, 2.45) is 13.0 Å². The lowest BCUT2D eigenvalue weighted by atomic mass is 10.1. The summed E-state index contributed by atoms with van der Waals surface area (Å²) in [5, 5.41) is 4.36. The first kappa shape index (κ1) is 17.9. The Labute approximate surface area is 137 Å². The molecule has 8 nitrogen and oxygen atoms in total. The lowest BCUT2D eigenvalue weighted by Crippen LogP contribution is -2.41. The summed E-state index contributed by atoms with van der Waals surface area (Å²) in [5.41, 5.74) is 0.913. The van der Waals surface area contributed by atoms with Crippen LogP contribution in [0.4, 0.5) is 0 Å². The first-order valence-corrected chi connectivity index (χ1v) is 9.39. The molecule has 2 rings (SSSR count). The van der Waals surface area contributed by atoms with E-state index in [1.165, 1.54) is 15.5 Å². The van der Waals surface area contributed by atoms with Gasteiger partial charge in [0.2, 0.25) is 15.9 Å². The van der Waals surface area contributed by atoms with E-state index in [4.69, 9.17) is 0 Å². The molecule has 0 bridgehead atoms. The Kier molecular flexibility index (Phi) is 5.43. The molecule has 1 aliphatic rings. The van der Waals surface area contributed by atoms with Gasteiger partial charge in [-0.2, -0.15) is 5.10 Å². The van der Waals surface area contributed by atoms with Crippen molar-refractivity contribution in [3.8, 4) is 0 Å². The maximum Gasteiger partial charge on any atom is 0.227 e. The second-order valence-corrected chi connectivity index (χ2v) is 8.25. The minimum absolute atomic E-state index is 0.0495. The number of carbonyl (C=O) groups is 1. The van der Waals surface area contributed by atoms with E-state index in [1.807, 2.05) is 19.3 Å². The Balaban J connectivity index is 2.17. The third-order valence-corrected chi connectivity index (χ3v) is 5.25. The fourth-order valence-corrected chi connectivity index (χ4v) is 3.66. The van der Waals surface area contributed by atoms with E-state index in [9.17, 15) is 13.2 Å². The summed E-state index contributed by atoms with van der Waals surface area (Å²) in [4.78, 5) is 16.0. The number of rotatable bonds is 4. The normalized spacial score (nSPS) is 21.1. The molecule has 1 aromatic rings. The summed E-state index contributed by atoms with van der Waals surface area (Å²) >= 11 is 0. The van der Waals surface area contributed by atoms with Crippen molar-refractivity contribution in [1.29, 1.82) is 0 Å². The van der Waals surface area contributed by atoms with Crippen LogP contribution in [0, 0.1) is 5.92 Å². The van der Waals surface area contributed by atoms with Gasteiger partial charge in [0, 0.05) is 60.1 Å². The molecule has 130 valence electrons. The van der Waals surface area contributed by atoms with Crippen molar-refractivity contribution < 1.29 is 13.2 Å². The molecule has 23 heavy (non-hydrogen) atoms. The van der Waals surface area contributed by atoms with Gasteiger partial charge in [-0.15, -0.1) is 0 Å². The number of carbonyl (C=O) groups excluding carboxylic acids is 1. The fourth-order valence-electron chi connectivity index (χ4n) is 2.79. The van der Waals surface area contributed by atoms with Crippen LogP contribution in [-0.4, -0.2) is 84.7 Å². The Morgan fingerprint density at radius 1 is 1.35 bits per heavy atom. The Morgan fingerprint density at radius 2 is 2.04 bits per heavy atom. The maximum absolute atomic E-state index is 12.4. The third kappa shape index (κ3) is 4.76. The van der Waals surface area contributed by atoms with Gasteiger partial charge in [0.15, 0.2) is 0 Å². The highest BCUT2D eigenvalue weighted by Gasteiger charge is 2.32. The molecular weight excluding hydrogens is 318 g/mol. The van der Waals surface area contributed by atoms with Crippen LogP contribution in [0.3, 0.4) is 0 Å². The van der Waals surface area contributed by atoms with E-state index in [0.717, 1.165) is 5.69 Å². The number of aromatic nitrogens is 2. The summed E-state index contributed by atoms with van der Waals surface area (Å²) in [6.07, 6.45) is 3.07. The van der Waals surface area contributed by atoms with E-state index in [0.29, 0.717) is 26.2 Å². The molecule has 1 aliphatic heterocycles. The zero-order valence-corrected chi connectivity index (χ0v) is 15.0. The van der Waals surface area contributed by atoms with E-state index < -0.39 is 10.0 Å². The summed E-state index contributed by atoms with van der Waals surface area (Å²) < 4.78 is 27.0. The highest BCUT2D eigenvalue weighted by Crippen LogP contribution is 2.16. The van der Waals surface area contributed by atoms with Crippen LogP contribution in [0.1, 0.15) is 5.69 Å². The molecule has 1 amide bonds. The predicted molar refractivity (Wildman–Crippen MR) is 87.1 cm³/mol. The molecular formula is C14H25N5O3S. The maximum atomic E-state index is 12.4. The number of hydrogen-bond acceptors (Lipinski definition) is 5. The van der Waals surface area contributed by atoms with Crippen molar-refractivity contribution >= 4 is 15.9 Å². The predicted octanol–water partition coefficient (Wildman–Crippen LogP) is -0.798. The standard InChI is InChI=1S/C14H25N5O3S/c1-16(2)14(20)12-9-18(11-13-5-6-17(3)15-13)7-8-19(10-12)23(4,21)22/h5-6,12H,7-11H2,1-4H3/t12-/m0/s1. The van der Waals surface area contributed by atoms with Crippen molar-refractivity contribution in [1.82, 2.24) is 23.9 Å². The van der Waals surface area contributed by atoms with Crippen LogP contribution in [0.2, 0.25) is 0 Å². The molecule has 1 aromatic heterocycles. The molecule has 0 unspecified atom stereocenters. The summed E-state index contributed by atoms with van der Waals surface area (Å²) in [5.74, 6) is -0.419. The minimum atomic E-state index is -3.32. The van der Waals surface area contributed by atoms with E-state index >= 15 is 0 Å². The van der Waals surface area contributed by atoms with Crippen LogP contribution in [0.25, 0.3) is 0 Å². The number of sulfonamides is 1. The Bertz CT molecular complexity index is 655. The summed E-state index contributed by atoms with van der Waals surface area (Å²) in [6.45, 7) is 2.34. The van der Waals surface area contributed by atoms with Gasteiger partial charge in [0.05, 0.1) is 17.9 Å². The molecule has 1 fully saturated rings. The zero-order chi connectivity index (χ0) is 17.2. The quantitative estimate of drug-likeness (QED) is 0.715. The zero-order valence-electron chi connectivity index (χ0n) is 14.1. The topological polar surface area (TPSA) is 78.8 Å². The molecule has 0 aromatic carbocycles. The second-order valence-electron chi connectivity index (χ2n) is 6.27. The van der Waals surface area contributed by atoms with Gasteiger partial charge < -0.3 is 4.90 Å². The average Bonchev–Trinajstić information content (AvgIpc) is 2.72. The van der Waals surface area contributed by atoms with E-state index in [-0.39, 0.29) is 18.4 Å². The van der Waals surface area contributed by atoms with Crippen LogP contribution >= 0.6 is 0 Å². The Morgan fingerprint density at radius 3 is 2.57 bits per heavy atom. The van der Waals surface area contributed by atoms with E-state index in [1.54, 1.807) is 18.8 Å². The van der Waals surface area contributed by atoms with Gasteiger partial charge >= 0.3 is 0 Å².